The number of amides is 1. The molecule has 3 rings (SSSR count). The van der Waals surface area contributed by atoms with E-state index in [1.165, 1.54) is 0 Å². The number of methoxy groups -OCH3 is 1. The molecule has 1 amide bonds. The zero-order valence-electron chi connectivity index (χ0n) is 20.8. The summed E-state index contributed by atoms with van der Waals surface area (Å²) in [6.07, 6.45) is -0.415. The van der Waals surface area contributed by atoms with E-state index in [-0.39, 0.29) is 23.6 Å². The molecule has 0 unspecified atom stereocenters. The van der Waals surface area contributed by atoms with Crippen molar-refractivity contribution in [2.45, 2.75) is 59.9 Å². The minimum Gasteiger partial charge on any atom is -0.496 e. The van der Waals surface area contributed by atoms with Crippen molar-refractivity contribution in [3.05, 3.63) is 62.9 Å². The fourth-order valence-corrected chi connectivity index (χ4v) is 3.95. The van der Waals surface area contributed by atoms with E-state index >= 15 is 0 Å². The minimum absolute atomic E-state index is 0.0433. The number of aromatic amines is 1. The summed E-state index contributed by atoms with van der Waals surface area (Å²) >= 11 is 0. The summed E-state index contributed by atoms with van der Waals surface area (Å²) in [6, 6.07) is 10.1. The van der Waals surface area contributed by atoms with Gasteiger partial charge in [0.2, 0.25) is 0 Å². The van der Waals surface area contributed by atoms with Gasteiger partial charge in [0.05, 0.1) is 19.2 Å². The van der Waals surface area contributed by atoms with E-state index in [2.05, 4.69) is 10.3 Å². The largest absolute Gasteiger partial charge is 0.496 e. The first kappa shape index (κ1) is 24.4. The van der Waals surface area contributed by atoms with Crippen LogP contribution in [0.2, 0.25) is 0 Å². The second kappa shape index (κ2) is 9.30. The van der Waals surface area contributed by atoms with Gasteiger partial charge in [-0.15, -0.1) is 0 Å². The molecule has 0 fully saturated rings. The summed E-state index contributed by atoms with van der Waals surface area (Å²) in [7, 11) is 1.66. The van der Waals surface area contributed by atoms with Crippen molar-refractivity contribution in [2.75, 3.05) is 13.7 Å². The number of carbonyl (C=O) groups is 1. The summed E-state index contributed by atoms with van der Waals surface area (Å²) in [5, 5.41) is 3.80. The number of H-pyrrole nitrogens is 1. The lowest BCUT2D eigenvalue weighted by atomic mass is 9.91. The van der Waals surface area contributed by atoms with Gasteiger partial charge in [-0.2, -0.15) is 0 Å². The number of carbonyl (C=O) groups excluding carboxylic acids is 1. The number of hydrogen-bond donors (Lipinski definition) is 2. The summed E-state index contributed by atoms with van der Waals surface area (Å²) in [5.74, 6) is 0.805. The zero-order chi connectivity index (χ0) is 24.5. The molecule has 0 aliphatic carbocycles. The third kappa shape index (κ3) is 5.21. The molecule has 176 valence electrons. The van der Waals surface area contributed by atoms with Gasteiger partial charge < -0.3 is 19.8 Å². The molecule has 0 aliphatic rings. The van der Waals surface area contributed by atoms with Gasteiger partial charge in [0.1, 0.15) is 5.75 Å². The van der Waals surface area contributed by atoms with E-state index in [4.69, 9.17) is 9.47 Å². The van der Waals surface area contributed by atoms with Crippen LogP contribution in [0.3, 0.4) is 0 Å². The van der Waals surface area contributed by atoms with Crippen LogP contribution in [-0.4, -0.2) is 30.3 Å². The molecule has 0 bridgehead atoms. The Balaban J connectivity index is 1.96. The molecule has 6 heteroatoms. The number of alkyl carbamates (subject to hydrolysis) is 1. The molecule has 2 aromatic carbocycles. The molecule has 0 spiro atoms. The molecule has 0 radical (unpaired) electrons. The first-order valence-electron chi connectivity index (χ1n) is 11.2. The SMILES string of the molecule is COc1cc(C)c2[nH]c(=O)c(C)c(C)c2c1-c1ccc([C@@H](C)COC(=O)NC(C)(C)C)cc1. The van der Waals surface area contributed by atoms with E-state index in [0.29, 0.717) is 5.56 Å². The Hall–Kier alpha value is -3.28. The topological polar surface area (TPSA) is 80.4 Å². The van der Waals surface area contributed by atoms with Crippen molar-refractivity contribution in [3.63, 3.8) is 0 Å². The Labute approximate surface area is 195 Å². The normalized spacial score (nSPS) is 12.5. The number of aromatic nitrogens is 1. The fraction of sp³-hybridized carbons (Fsp3) is 0.407. The molecular formula is C27H34N2O4. The fourth-order valence-electron chi connectivity index (χ4n) is 3.95. The molecule has 6 nitrogen and oxygen atoms in total. The summed E-state index contributed by atoms with van der Waals surface area (Å²) < 4.78 is 11.1. The maximum Gasteiger partial charge on any atom is 0.407 e. The number of nitrogens with one attached hydrogen (secondary N) is 2. The highest BCUT2D eigenvalue weighted by molar-refractivity contribution is 6.02. The van der Waals surface area contributed by atoms with Crippen LogP contribution in [0.15, 0.2) is 35.1 Å². The van der Waals surface area contributed by atoms with E-state index in [9.17, 15) is 9.59 Å². The third-order valence-electron chi connectivity index (χ3n) is 5.93. The molecule has 1 atom stereocenters. The lowest BCUT2D eigenvalue weighted by Crippen LogP contribution is -2.41. The number of pyridine rings is 1. The van der Waals surface area contributed by atoms with E-state index in [0.717, 1.165) is 44.5 Å². The Bertz CT molecular complexity index is 1230. The van der Waals surface area contributed by atoms with E-state index < -0.39 is 6.09 Å². The van der Waals surface area contributed by atoms with Crippen molar-refractivity contribution in [3.8, 4) is 16.9 Å². The van der Waals surface area contributed by atoms with Gasteiger partial charge in [-0.05, 0) is 69.9 Å². The van der Waals surface area contributed by atoms with Crippen LogP contribution in [0.5, 0.6) is 5.75 Å². The number of hydrogen-bond acceptors (Lipinski definition) is 4. The number of rotatable bonds is 5. The number of benzene rings is 2. The zero-order valence-corrected chi connectivity index (χ0v) is 20.8. The summed E-state index contributed by atoms with van der Waals surface area (Å²) in [5.41, 5.74) is 6.05. The average molecular weight is 451 g/mol. The number of fused-ring (bicyclic) bond motifs is 1. The van der Waals surface area contributed by atoms with Crippen molar-refractivity contribution in [2.24, 2.45) is 0 Å². The van der Waals surface area contributed by atoms with Gasteiger partial charge in [0.25, 0.3) is 5.56 Å². The molecular weight excluding hydrogens is 416 g/mol. The molecule has 0 aliphatic heterocycles. The maximum atomic E-state index is 12.4. The summed E-state index contributed by atoms with van der Waals surface area (Å²) in [4.78, 5) is 27.4. The molecule has 0 saturated carbocycles. The van der Waals surface area contributed by atoms with Crippen LogP contribution in [0.25, 0.3) is 22.0 Å². The minimum atomic E-state index is -0.415. The predicted molar refractivity (Wildman–Crippen MR) is 133 cm³/mol. The number of aryl methyl sites for hydroxylation is 2. The molecule has 1 heterocycles. The molecule has 0 saturated heterocycles. The Morgan fingerprint density at radius 1 is 1.09 bits per heavy atom. The van der Waals surface area contributed by atoms with Crippen molar-refractivity contribution >= 4 is 17.0 Å². The first-order chi connectivity index (χ1) is 15.4. The highest BCUT2D eigenvalue weighted by Gasteiger charge is 2.19. The van der Waals surface area contributed by atoms with Gasteiger partial charge in [-0.25, -0.2) is 4.79 Å². The first-order valence-corrected chi connectivity index (χ1v) is 11.2. The van der Waals surface area contributed by atoms with E-state index in [1.807, 2.05) is 78.8 Å². The van der Waals surface area contributed by atoms with Crippen LogP contribution in [-0.2, 0) is 4.74 Å². The van der Waals surface area contributed by atoms with Crippen LogP contribution >= 0.6 is 0 Å². The highest BCUT2D eigenvalue weighted by atomic mass is 16.5. The molecule has 3 aromatic rings. The van der Waals surface area contributed by atoms with Crippen molar-refractivity contribution < 1.29 is 14.3 Å². The maximum absolute atomic E-state index is 12.4. The predicted octanol–water partition coefficient (Wildman–Crippen LogP) is 5.76. The van der Waals surface area contributed by atoms with Gasteiger partial charge in [-0.1, -0.05) is 31.2 Å². The van der Waals surface area contributed by atoms with Gasteiger partial charge in [0, 0.05) is 28.0 Å². The highest BCUT2D eigenvalue weighted by Crippen LogP contribution is 2.40. The molecule has 2 N–H and O–H groups in total. The second-order valence-corrected chi connectivity index (χ2v) is 9.72. The van der Waals surface area contributed by atoms with Crippen molar-refractivity contribution in [1.82, 2.24) is 10.3 Å². The third-order valence-corrected chi connectivity index (χ3v) is 5.93. The van der Waals surface area contributed by atoms with Crippen LogP contribution in [0, 0.1) is 20.8 Å². The van der Waals surface area contributed by atoms with Gasteiger partial charge in [0.15, 0.2) is 0 Å². The smallest absolute Gasteiger partial charge is 0.407 e. The average Bonchev–Trinajstić information content (AvgIpc) is 2.75. The Morgan fingerprint density at radius 3 is 2.30 bits per heavy atom. The second-order valence-electron chi connectivity index (χ2n) is 9.72. The van der Waals surface area contributed by atoms with Crippen molar-refractivity contribution in [1.29, 1.82) is 0 Å². The summed E-state index contributed by atoms with van der Waals surface area (Å²) in [6.45, 7) is 13.9. The van der Waals surface area contributed by atoms with Gasteiger partial charge >= 0.3 is 6.09 Å². The lowest BCUT2D eigenvalue weighted by molar-refractivity contribution is 0.132. The Kier molecular flexibility index (Phi) is 6.86. The van der Waals surface area contributed by atoms with Gasteiger partial charge in [-0.3, -0.25) is 4.79 Å². The van der Waals surface area contributed by atoms with E-state index in [1.54, 1.807) is 7.11 Å². The van der Waals surface area contributed by atoms with Crippen LogP contribution in [0.4, 0.5) is 4.79 Å². The Morgan fingerprint density at radius 2 is 1.73 bits per heavy atom. The lowest BCUT2D eigenvalue weighted by Gasteiger charge is -2.21. The molecule has 1 aromatic heterocycles. The van der Waals surface area contributed by atoms with Crippen LogP contribution < -0.4 is 15.6 Å². The van der Waals surface area contributed by atoms with Crippen LogP contribution in [0.1, 0.15) is 55.9 Å². The quantitative estimate of drug-likeness (QED) is 0.518. The standard InChI is InChI=1S/C27H34N2O4/c1-15-13-21(32-8)23(22-17(3)18(4)25(30)28-24(15)22)20-11-9-19(10-12-20)16(2)14-33-26(31)29-27(5,6)7/h9-13,16H,14H2,1-8H3,(H,28,30)(H,29,31)/t16-/m0/s1. The number of ether oxygens (including phenoxy) is 2. The molecule has 33 heavy (non-hydrogen) atoms. The monoisotopic (exact) mass is 450 g/mol.